The molecule has 2 aromatic rings. The van der Waals surface area contributed by atoms with E-state index >= 15 is 0 Å². The Balaban J connectivity index is 2.43. The third kappa shape index (κ3) is 2.70. The fourth-order valence-corrected chi connectivity index (χ4v) is 2.47. The second-order valence-electron chi connectivity index (χ2n) is 3.38. The molecule has 90 valence electrons. The van der Waals surface area contributed by atoms with E-state index in [1.54, 1.807) is 25.6 Å². The summed E-state index contributed by atoms with van der Waals surface area (Å²) in [6.45, 7) is 0. The summed E-state index contributed by atoms with van der Waals surface area (Å²) in [5.74, 6) is 1.93. The maximum atomic E-state index is 5.74. The summed E-state index contributed by atoms with van der Waals surface area (Å²) >= 11 is 7.30. The van der Waals surface area contributed by atoms with Gasteiger partial charge in [0.2, 0.25) is 0 Å². The Morgan fingerprint density at radius 2 is 1.82 bits per heavy atom. The van der Waals surface area contributed by atoms with E-state index in [2.05, 4.69) is 4.98 Å². The minimum Gasteiger partial charge on any atom is -0.497 e. The summed E-state index contributed by atoms with van der Waals surface area (Å²) in [4.78, 5) is 4.43. The van der Waals surface area contributed by atoms with Gasteiger partial charge < -0.3 is 9.47 Å². The smallest absolute Gasteiger partial charge is 0.123 e. The zero-order valence-corrected chi connectivity index (χ0v) is 11.1. The van der Waals surface area contributed by atoms with Crippen molar-refractivity contribution in [3.63, 3.8) is 0 Å². The Hall–Kier alpha value is -1.26. The molecule has 5 heteroatoms. The molecule has 0 atom stereocenters. The fraction of sp³-hybridized carbons (Fsp3) is 0.250. The number of ether oxygens (including phenoxy) is 2. The molecule has 0 aliphatic rings. The molecule has 0 aliphatic heterocycles. The van der Waals surface area contributed by atoms with Crippen LogP contribution in [0.2, 0.25) is 0 Å². The zero-order valence-electron chi connectivity index (χ0n) is 9.57. The number of aromatic nitrogens is 1. The lowest BCUT2D eigenvalue weighted by Gasteiger charge is -2.06. The van der Waals surface area contributed by atoms with Gasteiger partial charge in [0, 0.05) is 17.0 Å². The average molecular weight is 270 g/mol. The number of hydrogen-bond acceptors (Lipinski definition) is 4. The van der Waals surface area contributed by atoms with Crippen molar-refractivity contribution in [2.24, 2.45) is 0 Å². The van der Waals surface area contributed by atoms with E-state index in [4.69, 9.17) is 21.1 Å². The van der Waals surface area contributed by atoms with E-state index < -0.39 is 0 Å². The van der Waals surface area contributed by atoms with Gasteiger partial charge in [-0.15, -0.1) is 22.9 Å². The van der Waals surface area contributed by atoms with Crippen LogP contribution in [0, 0.1) is 0 Å². The van der Waals surface area contributed by atoms with Crippen LogP contribution >= 0.6 is 22.9 Å². The van der Waals surface area contributed by atoms with Gasteiger partial charge in [-0.1, -0.05) is 0 Å². The fourth-order valence-electron chi connectivity index (χ4n) is 1.43. The SMILES string of the molecule is COc1cc(OC)cc(-c2nc(CCl)cs2)c1. The summed E-state index contributed by atoms with van der Waals surface area (Å²) < 4.78 is 10.4. The van der Waals surface area contributed by atoms with E-state index in [1.807, 2.05) is 23.6 Å². The third-order valence-corrected chi connectivity index (χ3v) is 3.50. The lowest BCUT2D eigenvalue weighted by Crippen LogP contribution is -1.88. The van der Waals surface area contributed by atoms with Crippen molar-refractivity contribution < 1.29 is 9.47 Å². The zero-order chi connectivity index (χ0) is 12.3. The van der Waals surface area contributed by atoms with Gasteiger partial charge in [-0.05, 0) is 12.1 Å². The Morgan fingerprint density at radius 1 is 1.18 bits per heavy atom. The maximum Gasteiger partial charge on any atom is 0.123 e. The van der Waals surface area contributed by atoms with Crippen LogP contribution in [0.25, 0.3) is 10.6 Å². The summed E-state index contributed by atoms with van der Waals surface area (Å²) in [5.41, 5.74) is 1.86. The minimum atomic E-state index is 0.428. The predicted molar refractivity (Wildman–Crippen MR) is 70.2 cm³/mol. The van der Waals surface area contributed by atoms with Gasteiger partial charge in [0.15, 0.2) is 0 Å². The number of methoxy groups -OCH3 is 2. The van der Waals surface area contributed by atoms with Gasteiger partial charge in [-0.2, -0.15) is 0 Å². The highest BCUT2D eigenvalue weighted by molar-refractivity contribution is 7.13. The van der Waals surface area contributed by atoms with Gasteiger partial charge >= 0.3 is 0 Å². The van der Waals surface area contributed by atoms with E-state index in [9.17, 15) is 0 Å². The van der Waals surface area contributed by atoms with Crippen molar-refractivity contribution in [2.45, 2.75) is 5.88 Å². The molecule has 0 radical (unpaired) electrons. The molecule has 0 fully saturated rings. The molecule has 0 saturated carbocycles. The first-order valence-electron chi connectivity index (χ1n) is 5.00. The molecule has 0 bridgehead atoms. The molecule has 0 saturated heterocycles. The lowest BCUT2D eigenvalue weighted by atomic mass is 10.2. The second-order valence-corrected chi connectivity index (χ2v) is 4.50. The Kier molecular flexibility index (Phi) is 3.86. The standard InChI is InChI=1S/C12H12ClNO2S/c1-15-10-3-8(4-11(5-10)16-2)12-14-9(6-13)7-17-12/h3-5,7H,6H2,1-2H3. The topological polar surface area (TPSA) is 31.4 Å². The van der Waals surface area contributed by atoms with Crippen LogP contribution < -0.4 is 9.47 Å². The highest BCUT2D eigenvalue weighted by atomic mass is 35.5. The van der Waals surface area contributed by atoms with Crippen LogP contribution in [0.3, 0.4) is 0 Å². The maximum absolute atomic E-state index is 5.74. The second kappa shape index (κ2) is 5.38. The van der Waals surface area contributed by atoms with E-state index in [-0.39, 0.29) is 0 Å². The highest BCUT2D eigenvalue weighted by Crippen LogP contribution is 2.31. The van der Waals surface area contributed by atoms with Gasteiger partial charge in [-0.25, -0.2) is 4.98 Å². The van der Waals surface area contributed by atoms with Crippen LogP contribution in [0.5, 0.6) is 11.5 Å². The van der Waals surface area contributed by atoms with Gasteiger partial charge in [0.25, 0.3) is 0 Å². The number of alkyl halides is 1. The quantitative estimate of drug-likeness (QED) is 0.795. The summed E-state index contributed by atoms with van der Waals surface area (Å²) in [5, 5.41) is 2.87. The molecular formula is C12H12ClNO2S. The Labute approximate surface area is 109 Å². The van der Waals surface area contributed by atoms with Gasteiger partial charge in [-0.3, -0.25) is 0 Å². The van der Waals surface area contributed by atoms with Crippen LogP contribution in [0.4, 0.5) is 0 Å². The number of hydrogen-bond donors (Lipinski definition) is 0. The molecule has 1 aromatic carbocycles. The number of thiazole rings is 1. The molecule has 2 rings (SSSR count). The largest absolute Gasteiger partial charge is 0.497 e. The number of rotatable bonds is 4. The number of nitrogens with zero attached hydrogens (tertiary/aromatic N) is 1. The van der Waals surface area contributed by atoms with E-state index in [0.29, 0.717) is 5.88 Å². The number of benzene rings is 1. The van der Waals surface area contributed by atoms with Crippen molar-refractivity contribution in [1.29, 1.82) is 0 Å². The van der Waals surface area contributed by atoms with Gasteiger partial charge in [0.05, 0.1) is 25.8 Å². The molecule has 0 spiro atoms. The van der Waals surface area contributed by atoms with E-state index in [0.717, 1.165) is 27.8 Å². The molecule has 1 heterocycles. The molecule has 0 amide bonds. The highest BCUT2D eigenvalue weighted by Gasteiger charge is 2.08. The van der Waals surface area contributed by atoms with Crippen molar-refractivity contribution in [2.75, 3.05) is 14.2 Å². The first kappa shape index (κ1) is 12.2. The van der Waals surface area contributed by atoms with E-state index in [1.165, 1.54) is 0 Å². The molecule has 0 aliphatic carbocycles. The Morgan fingerprint density at radius 3 is 2.29 bits per heavy atom. The van der Waals surface area contributed by atoms with Crippen molar-refractivity contribution >= 4 is 22.9 Å². The Bertz CT molecular complexity index is 491. The van der Waals surface area contributed by atoms with Crippen LogP contribution in [0.15, 0.2) is 23.6 Å². The molecule has 3 nitrogen and oxygen atoms in total. The van der Waals surface area contributed by atoms with Crippen LogP contribution in [-0.4, -0.2) is 19.2 Å². The molecule has 1 aromatic heterocycles. The first-order chi connectivity index (χ1) is 8.26. The minimum absolute atomic E-state index is 0.428. The number of halogens is 1. The summed E-state index contributed by atoms with van der Waals surface area (Å²) in [7, 11) is 3.26. The summed E-state index contributed by atoms with van der Waals surface area (Å²) in [6, 6.07) is 5.69. The van der Waals surface area contributed by atoms with Gasteiger partial charge in [0.1, 0.15) is 16.5 Å². The molecule has 17 heavy (non-hydrogen) atoms. The third-order valence-electron chi connectivity index (χ3n) is 2.29. The average Bonchev–Trinajstić information content (AvgIpc) is 2.86. The van der Waals surface area contributed by atoms with Crippen LogP contribution in [-0.2, 0) is 5.88 Å². The molecule has 0 unspecified atom stereocenters. The van der Waals surface area contributed by atoms with Crippen molar-refractivity contribution in [3.8, 4) is 22.1 Å². The monoisotopic (exact) mass is 269 g/mol. The predicted octanol–water partition coefficient (Wildman–Crippen LogP) is 3.57. The first-order valence-corrected chi connectivity index (χ1v) is 6.42. The molecular weight excluding hydrogens is 258 g/mol. The summed E-state index contributed by atoms with van der Waals surface area (Å²) in [6.07, 6.45) is 0. The normalized spacial score (nSPS) is 10.3. The van der Waals surface area contributed by atoms with Crippen molar-refractivity contribution in [1.82, 2.24) is 4.98 Å². The lowest BCUT2D eigenvalue weighted by molar-refractivity contribution is 0.394. The van der Waals surface area contributed by atoms with Crippen LogP contribution in [0.1, 0.15) is 5.69 Å². The van der Waals surface area contributed by atoms with Crippen molar-refractivity contribution in [3.05, 3.63) is 29.3 Å². The molecule has 0 N–H and O–H groups in total.